The normalized spacial score (nSPS) is 33.7. The van der Waals surface area contributed by atoms with Crippen LogP contribution in [0.25, 0.3) is 0 Å². The molecule has 0 bridgehead atoms. The number of piperazine rings is 1. The maximum Gasteiger partial charge on any atom is 0.0334 e. The number of rotatable bonds is 5. The lowest BCUT2D eigenvalue weighted by Gasteiger charge is -2.55. The van der Waals surface area contributed by atoms with E-state index in [1.165, 1.54) is 77.4 Å². The molecule has 1 N–H and O–H groups in total. The van der Waals surface area contributed by atoms with Gasteiger partial charge in [-0.3, -0.25) is 4.90 Å². The van der Waals surface area contributed by atoms with Gasteiger partial charge in [-0.2, -0.15) is 0 Å². The van der Waals surface area contributed by atoms with Crippen LogP contribution in [0.4, 0.5) is 0 Å². The molecule has 1 saturated heterocycles. The Labute approximate surface area is 132 Å². The molecule has 3 aliphatic rings. The Morgan fingerprint density at radius 2 is 1.86 bits per heavy atom. The van der Waals surface area contributed by atoms with Crippen LogP contribution in [0, 0.1) is 11.8 Å². The highest BCUT2D eigenvalue weighted by atomic mass is 15.3. The summed E-state index contributed by atoms with van der Waals surface area (Å²) in [6.45, 7) is 11.1. The highest BCUT2D eigenvalue weighted by Gasteiger charge is 2.51. The van der Waals surface area contributed by atoms with Crippen LogP contribution in [0.15, 0.2) is 0 Å². The Balaban J connectivity index is 1.66. The zero-order valence-corrected chi connectivity index (χ0v) is 14.6. The molecule has 2 nitrogen and oxygen atoms in total. The summed E-state index contributed by atoms with van der Waals surface area (Å²) in [7, 11) is 0. The molecule has 0 aromatic rings. The van der Waals surface area contributed by atoms with Gasteiger partial charge in [0.25, 0.3) is 0 Å². The molecule has 21 heavy (non-hydrogen) atoms. The largest absolute Gasteiger partial charge is 0.308 e. The molecule has 1 aliphatic heterocycles. The Hall–Kier alpha value is -0.0800. The topological polar surface area (TPSA) is 15.3 Å². The van der Waals surface area contributed by atoms with Crippen LogP contribution in [-0.2, 0) is 0 Å². The van der Waals surface area contributed by atoms with E-state index in [4.69, 9.17) is 0 Å². The molecule has 1 spiro atoms. The van der Waals surface area contributed by atoms with E-state index in [1.807, 2.05) is 0 Å². The van der Waals surface area contributed by atoms with Crippen molar-refractivity contribution in [3.05, 3.63) is 0 Å². The number of hydrogen-bond donors (Lipinski definition) is 1. The summed E-state index contributed by atoms with van der Waals surface area (Å²) >= 11 is 0. The second-order valence-corrected chi connectivity index (χ2v) is 8.78. The molecule has 0 aromatic carbocycles. The van der Waals surface area contributed by atoms with Crippen molar-refractivity contribution in [2.75, 3.05) is 19.6 Å². The van der Waals surface area contributed by atoms with Crippen molar-refractivity contribution in [3.63, 3.8) is 0 Å². The minimum Gasteiger partial charge on any atom is -0.308 e. The van der Waals surface area contributed by atoms with Gasteiger partial charge in [0.05, 0.1) is 0 Å². The van der Waals surface area contributed by atoms with E-state index in [2.05, 4.69) is 31.0 Å². The van der Waals surface area contributed by atoms with Crippen LogP contribution in [0.2, 0.25) is 0 Å². The molecule has 0 aromatic heterocycles. The maximum absolute atomic E-state index is 4.03. The average Bonchev–Trinajstić information content (AvgIpc) is 3.29. The lowest BCUT2D eigenvalue weighted by atomic mass is 9.76. The first-order chi connectivity index (χ1) is 10.0. The first-order valence-corrected chi connectivity index (χ1v) is 9.54. The summed E-state index contributed by atoms with van der Waals surface area (Å²) in [5.74, 6) is 1.81. The van der Waals surface area contributed by atoms with Crippen molar-refractivity contribution in [3.8, 4) is 0 Å². The average molecular weight is 293 g/mol. The minimum absolute atomic E-state index is 0.444. The van der Waals surface area contributed by atoms with Gasteiger partial charge in [-0.1, -0.05) is 33.1 Å². The van der Waals surface area contributed by atoms with E-state index in [0.29, 0.717) is 11.1 Å². The van der Waals surface area contributed by atoms with Crippen molar-refractivity contribution in [2.24, 2.45) is 11.8 Å². The number of nitrogens with zero attached hydrogens (tertiary/aromatic N) is 1. The van der Waals surface area contributed by atoms with Crippen molar-refractivity contribution in [2.45, 2.75) is 89.6 Å². The number of hydrogen-bond acceptors (Lipinski definition) is 2. The summed E-state index contributed by atoms with van der Waals surface area (Å²) in [5, 5.41) is 4.03. The Kier molecular flexibility index (Phi) is 4.66. The molecule has 1 heterocycles. The third kappa shape index (κ3) is 3.47. The summed E-state index contributed by atoms with van der Waals surface area (Å²) in [5.41, 5.74) is 0.907. The van der Waals surface area contributed by atoms with Crippen LogP contribution >= 0.6 is 0 Å². The maximum atomic E-state index is 4.03. The summed E-state index contributed by atoms with van der Waals surface area (Å²) < 4.78 is 0. The molecule has 1 atom stereocenters. The standard InChI is InChI=1S/C19H36N2/c1-16(2)8-7-13-21-15-19(11-5-4-6-12-19)20-14-18(21,3)17-9-10-17/h16-17,20H,4-15H2,1-3H3. The van der Waals surface area contributed by atoms with Gasteiger partial charge in [-0.05, 0) is 63.8 Å². The van der Waals surface area contributed by atoms with Crippen molar-refractivity contribution in [1.29, 1.82) is 0 Å². The summed E-state index contributed by atoms with van der Waals surface area (Å²) in [6, 6.07) is 0. The molecule has 2 heteroatoms. The molecule has 122 valence electrons. The fourth-order valence-corrected chi connectivity index (χ4v) is 4.78. The van der Waals surface area contributed by atoms with E-state index in [9.17, 15) is 0 Å². The van der Waals surface area contributed by atoms with Crippen molar-refractivity contribution >= 4 is 0 Å². The van der Waals surface area contributed by atoms with Gasteiger partial charge in [-0.25, -0.2) is 0 Å². The molecule has 0 amide bonds. The van der Waals surface area contributed by atoms with Crippen LogP contribution in [0.3, 0.4) is 0 Å². The zero-order valence-electron chi connectivity index (χ0n) is 14.6. The monoisotopic (exact) mass is 292 g/mol. The van der Waals surface area contributed by atoms with Crippen LogP contribution in [0.1, 0.15) is 78.6 Å². The van der Waals surface area contributed by atoms with Crippen LogP contribution in [-0.4, -0.2) is 35.6 Å². The lowest BCUT2D eigenvalue weighted by Crippen LogP contribution is -2.70. The van der Waals surface area contributed by atoms with Gasteiger partial charge in [-0.15, -0.1) is 0 Å². The summed E-state index contributed by atoms with van der Waals surface area (Å²) in [6.07, 6.45) is 12.9. The molecule has 2 saturated carbocycles. The quantitative estimate of drug-likeness (QED) is 0.817. The van der Waals surface area contributed by atoms with Gasteiger partial charge >= 0.3 is 0 Å². The summed E-state index contributed by atoms with van der Waals surface area (Å²) in [4.78, 5) is 2.91. The van der Waals surface area contributed by atoms with Gasteiger partial charge in [0.2, 0.25) is 0 Å². The third-order valence-electron chi connectivity index (χ3n) is 6.51. The molecular weight excluding hydrogens is 256 g/mol. The molecular formula is C19H36N2. The van der Waals surface area contributed by atoms with Crippen molar-refractivity contribution < 1.29 is 0 Å². The first kappa shape index (κ1) is 15.8. The molecule has 3 rings (SSSR count). The van der Waals surface area contributed by atoms with Crippen molar-refractivity contribution in [1.82, 2.24) is 10.2 Å². The van der Waals surface area contributed by atoms with E-state index < -0.39 is 0 Å². The van der Waals surface area contributed by atoms with Crippen LogP contribution < -0.4 is 5.32 Å². The Morgan fingerprint density at radius 3 is 2.48 bits per heavy atom. The fraction of sp³-hybridized carbons (Fsp3) is 1.00. The zero-order chi connectivity index (χ0) is 14.9. The van der Waals surface area contributed by atoms with E-state index in [1.54, 1.807) is 0 Å². The predicted molar refractivity (Wildman–Crippen MR) is 90.6 cm³/mol. The predicted octanol–water partition coefficient (Wildman–Crippen LogP) is 4.20. The molecule has 3 fully saturated rings. The van der Waals surface area contributed by atoms with E-state index in [0.717, 1.165) is 11.8 Å². The molecule has 2 aliphatic carbocycles. The second kappa shape index (κ2) is 6.20. The SMILES string of the molecule is CC(C)CCCN1CC2(CCCCC2)NCC1(C)C1CC1. The smallest absolute Gasteiger partial charge is 0.0334 e. The van der Waals surface area contributed by atoms with E-state index in [-0.39, 0.29) is 0 Å². The Morgan fingerprint density at radius 1 is 1.14 bits per heavy atom. The highest BCUT2D eigenvalue weighted by molar-refractivity contribution is 5.09. The van der Waals surface area contributed by atoms with Gasteiger partial charge in [0.1, 0.15) is 0 Å². The number of nitrogens with one attached hydrogen (secondary N) is 1. The van der Waals surface area contributed by atoms with Crippen LogP contribution in [0.5, 0.6) is 0 Å². The van der Waals surface area contributed by atoms with Gasteiger partial charge < -0.3 is 5.32 Å². The third-order valence-corrected chi connectivity index (χ3v) is 6.51. The first-order valence-electron chi connectivity index (χ1n) is 9.54. The van der Waals surface area contributed by atoms with E-state index >= 15 is 0 Å². The fourth-order valence-electron chi connectivity index (χ4n) is 4.78. The minimum atomic E-state index is 0.444. The Bertz CT molecular complexity index is 341. The lowest BCUT2D eigenvalue weighted by molar-refractivity contribution is -0.0131. The second-order valence-electron chi connectivity index (χ2n) is 8.78. The molecule has 0 radical (unpaired) electrons. The van der Waals surface area contributed by atoms with Gasteiger partial charge in [0.15, 0.2) is 0 Å². The highest BCUT2D eigenvalue weighted by Crippen LogP contribution is 2.46. The molecule has 1 unspecified atom stereocenters. The van der Waals surface area contributed by atoms with Gasteiger partial charge in [0, 0.05) is 24.2 Å².